The highest BCUT2D eigenvalue weighted by Crippen LogP contribution is 2.17. The minimum Gasteiger partial charge on any atom is -0.345 e. The van der Waals surface area contributed by atoms with Crippen molar-refractivity contribution in [3.8, 4) is 0 Å². The summed E-state index contributed by atoms with van der Waals surface area (Å²) >= 11 is 3.47. The van der Waals surface area contributed by atoms with Crippen molar-refractivity contribution in [2.75, 3.05) is 6.54 Å². The van der Waals surface area contributed by atoms with E-state index in [4.69, 9.17) is 0 Å². The van der Waals surface area contributed by atoms with Gasteiger partial charge in [0.1, 0.15) is 0 Å². The summed E-state index contributed by atoms with van der Waals surface area (Å²) in [7, 11) is 0. The van der Waals surface area contributed by atoms with Gasteiger partial charge in [-0.15, -0.1) is 0 Å². The third-order valence-corrected chi connectivity index (χ3v) is 5.11. The van der Waals surface area contributed by atoms with Crippen molar-refractivity contribution < 1.29 is 4.79 Å². The first-order valence-corrected chi connectivity index (χ1v) is 10.2. The molecule has 0 N–H and O–H groups in total. The van der Waals surface area contributed by atoms with Gasteiger partial charge < -0.3 is 9.47 Å². The standard InChI is InChI=1S/C23H25BrN2O/c1-2-3-14-26(23(27)20-11-7-12-21(24)16-20)18-22-13-8-15-25(22)17-19-9-5-4-6-10-19/h4-13,15-16H,2-3,14,17-18H2,1H3. The number of nitrogens with zero attached hydrogens (tertiary/aromatic N) is 2. The third kappa shape index (κ3) is 5.33. The lowest BCUT2D eigenvalue weighted by Gasteiger charge is -2.24. The van der Waals surface area contributed by atoms with Crippen molar-refractivity contribution in [3.05, 3.63) is 94.2 Å². The molecule has 0 aliphatic heterocycles. The Morgan fingerprint density at radius 2 is 1.85 bits per heavy atom. The largest absolute Gasteiger partial charge is 0.345 e. The first kappa shape index (κ1) is 19.4. The van der Waals surface area contributed by atoms with Crippen LogP contribution in [0.1, 0.15) is 41.4 Å². The fourth-order valence-electron chi connectivity index (χ4n) is 3.13. The first-order chi connectivity index (χ1) is 13.2. The van der Waals surface area contributed by atoms with E-state index < -0.39 is 0 Å². The average molecular weight is 425 g/mol. The molecule has 0 fully saturated rings. The summed E-state index contributed by atoms with van der Waals surface area (Å²) in [5.41, 5.74) is 3.13. The van der Waals surface area contributed by atoms with Crippen LogP contribution in [0.5, 0.6) is 0 Å². The molecule has 0 saturated heterocycles. The Morgan fingerprint density at radius 3 is 2.59 bits per heavy atom. The van der Waals surface area contributed by atoms with Crippen molar-refractivity contribution in [2.24, 2.45) is 0 Å². The van der Waals surface area contributed by atoms with E-state index >= 15 is 0 Å². The second-order valence-corrected chi connectivity index (χ2v) is 7.62. The summed E-state index contributed by atoms with van der Waals surface area (Å²) in [6, 6.07) is 22.2. The van der Waals surface area contributed by atoms with Gasteiger partial charge in [0.2, 0.25) is 0 Å². The number of unbranched alkanes of at least 4 members (excludes halogenated alkanes) is 1. The zero-order valence-electron chi connectivity index (χ0n) is 15.6. The van der Waals surface area contributed by atoms with E-state index in [2.05, 4.69) is 70.0 Å². The summed E-state index contributed by atoms with van der Waals surface area (Å²) in [6.45, 7) is 4.35. The predicted molar refractivity (Wildman–Crippen MR) is 114 cm³/mol. The van der Waals surface area contributed by atoms with Gasteiger partial charge in [-0.1, -0.05) is 65.7 Å². The summed E-state index contributed by atoms with van der Waals surface area (Å²) in [6.07, 6.45) is 4.15. The maximum absolute atomic E-state index is 13.1. The number of aromatic nitrogens is 1. The lowest BCUT2D eigenvalue weighted by atomic mass is 10.1. The number of benzene rings is 2. The quantitative estimate of drug-likeness (QED) is 0.452. The number of rotatable bonds is 8. The fraction of sp³-hybridized carbons (Fsp3) is 0.261. The Balaban J connectivity index is 1.79. The molecule has 1 amide bonds. The Hall–Kier alpha value is -2.33. The lowest BCUT2D eigenvalue weighted by Crippen LogP contribution is -2.32. The van der Waals surface area contributed by atoms with Gasteiger partial charge in [-0.3, -0.25) is 4.79 Å². The Labute approximate surface area is 169 Å². The summed E-state index contributed by atoms with van der Waals surface area (Å²) in [4.78, 5) is 15.1. The maximum Gasteiger partial charge on any atom is 0.254 e. The second-order valence-electron chi connectivity index (χ2n) is 6.70. The van der Waals surface area contributed by atoms with Gasteiger partial charge in [-0.2, -0.15) is 0 Å². The number of amides is 1. The predicted octanol–water partition coefficient (Wildman–Crippen LogP) is 5.74. The highest BCUT2D eigenvalue weighted by molar-refractivity contribution is 9.10. The molecule has 0 aliphatic carbocycles. The van der Waals surface area contributed by atoms with Crippen LogP contribution in [0.25, 0.3) is 0 Å². The Morgan fingerprint density at radius 1 is 1.04 bits per heavy atom. The molecular weight excluding hydrogens is 400 g/mol. The van der Waals surface area contributed by atoms with Gasteiger partial charge in [-0.25, -0.2) is 0 Å². The molecule has 2 aromatic carbocycles. The number of hydrogen-bond acceptors (Lipinski definition) is 1. The molecule has 3 rings (SSSR count). The first-order valence-electron chi connectivity index (χ1n) is 9.40. The molecule has 4 heteroatoms. The van der Waals surface area contributed by atoms with E-state index in [9.17, 15) is 4.79 Å². The van der Waals surface area contributed by atoms with E-state index in [0.717, 1.165) is 41.7 Å². The molecule has 27 heavy (non-hydrogen) atoms. The van der Waals surface area contributed by atoms with Gasteiger partial charge in [0.05, 0.1) is 6.54 Å². The van der Waals surface area contributed by atoms with Crippen LogP contribution in [0.15, 0.2) is 77.4 Å². The summed E-state index contributed by atoms with van der Waals surface area (Å²) in [5, 5.41) is 0. The van der Waals surface area contributed by atoms with Crippen molar-refractivity contribution in [1.82, 2.24) is 9.47 Å². The topological polar surface area (TPSA) is 25.2 Å². The molecule has 3 nitrogen and oxygen atoms in total. The molecule has 140 valence electrons. The Kier molecular flexibility index (Phi) is 6.88. The highest BCUT2D eigenvalue weighted by Gasteiger charge is 2.17. The van der Waals surface area contributed by atoms with Crippen LogP contribution in [-0.4, -0.2) is 21.9 Å². The molecule has 0 unspecified atom stereocenters. The lowest BCUT2D eigenvalue weighted by molar-refractivity contribution is 0.0737. The normalized spacial score (nSPS) is 10.7. The molecule has 0 aliphatic rings. The van der Waals surface area contributed by atoms with E-state index in [1.54, 1.807) is 0 Å². The van der Waals surface area contributed by atoms with Crippen molar-refractivity contribution in [1.29, 1.82) is 0 Å². The minimum atomic E-state index is 0.0808. The molecule has 3 aromatic rings. The molecule has 0 saturated carbocycles. The van der Waals surface area contributed by atoms with Crippen LogP contribution in [0.3, 0.4) is 0 Å². The van der Waals surface area contributed by atoms with Crippen LogP contribution in [-0.2, 0) is 13.1 Å². The van der Waals surface area contributed by atoms with Crippen molar-refractivity contribution in [2.45, 2.75) is 32.9 Å². The van der Waals surface area contributed by atoms with E-state index in [1.165, 1.54) is 5.56 Å². The maximum atomic E-state index is 13.1. The van der Waals surface area contributed by atoms with Crippen LogP contribution < -0.4 is 0 Å². The molecule has 0 bridgehead atoms. The molecular formula is C23H25BrN2O. The van der Waals surface area contributed by atoms with E-state index in [1.807, 2.05) is 35.2 Å². The molecule has 0 atom stereocenters. The molecule has 0 radical (unpaired) electrons. The molecule has 0 spiro atoms. The van der Waals surface area contributed by atoms with Gasteiger partial charge in [0.25, 0.3) is 5.91 Å². The van der Waals surface area contributed by atoms with Crippen molar-refractivity contribution >= 4 is 21.8 Å². The van der Waals surface area contributed by atoms with Gasteiger partial charge in [0.15, 0.2) is 0 Å². The van der Waals surface area contributed by atoms with Gasteiger partial charge >= 0.3 is 0 Å². The summed E-state index contributed by atoms with van der Waals surface area (Å²) < 4.78 is 3.15. The number of carbonyl (C=O) groups is 1. The summed E-state index contributed by atoms with van der Waals surface area (Å²) in [5.74, 6) is 0.0808. The van der Waals surface area contributed by atoms with E-state index in [-0.39, 0.29) is 5.91 Å². The van der Waals surface area contributed by atoms with Crippen LogP contribution in [0.4, 0.5) is 0 Å². The fourth-order valence-corrected chi connectivity index (χ4v) is 3.53. The number of carbonyl (C=O) groups excluding carboxylic acids is 1. The van der Waals surface area contributed by atoms with E-state index in [0.29, 0.717) is 6.54 Å². The molecule has 1 heterocycles. The smallest absolute Gasteiger partial charge is 0.254 e. The zero-order chi connectivity index (χ0) is 19.1. The van der Waals surface area contributed by atoms with Gasteiger partial charge in [-0.05, 0) is 42.3 Å². The van der Waals surface area contributed by atoms with Gasteiger partial charge in [0, 0.05) is 35.0 Å². The van der Waals surface area contributed by atoms with Crippen LogP contribution >= 0.6 is 15.9 Å². The Bertz CT molecular complexity index is 873. The second kappa shape index (κ2) is 9.56. The number of halogens is 1. The number of hydrogen-bond donors (Lipinski definition) is 0. The minimum absolute atomic E-state index is 0.0808. The average Bonchev–Trinajstić information content (AvgIpc) is 3.12. The third-order valence-electron chi connectivity index (χ3n) is 4.61. The SMILES string of the molecule is CCCCN(Cc1cccn1Cc1ccccc1)C(=O)c1cccc(Br)c1. The van der Waals surface area contributed by atoms with Crippen molar-refractivity contribution in [3.63, 3.8) is 0 Å². The zero-order valence-corrected chi connectivity index (χ0v) is 17.2. The monoisotopic (exact) mass is 424 g/mol. The van der Waals surface area contributed by atoms with Crippen LogP contribution in [0.2, 0.25) is 0 Å². The highest BCUT2D eigenvalue weighted by atomic mass is 79.9. The van der Waals surface area contributed by atoms with Crippen LogP contribution in [0, 0.1) is 0 Å². The molecule has 1 aromatic heterocycles.